The molecule has 0 radical (unpaired) electrons. The van der Waals surface area contributed by atoms with Crippen molar-refractivity contribution in [1.82, 2.24) is 4.98 Å². The van der Waals surface area contributed by atoms with Crippen LogP contribution in [0.1, 0.15) is 0 Å². The van der Waals surface area contributed by atoms with Crippen LogP contribution in [-0.2, 0) is 4.57 Å². The molecule has 0 amide bonds. The molecule has 0 atom stereocenters. The second-order valence-corrected chi connectivity index (χ2v) is 9.79. The van der Waals surface area contributed by atoms with E-state index in [1.165, 1.54) is 11.3 Å². The van der Waals surface area contributed by atoms with Gasteiger partial charge in [-0.3, -0.25) is 4.57 Å². The molecule has 0 aromatic carbocycles. The Labute approximate surface area is 97.5 Å². The summed E-state index contributed by atoms with van der Waals surface area (Å²) >= 11 is 25.9. The van der Waals surface area contributed by atoms with E-state index in [4.69, 9.17) is 23.2 Å². The molecule has 12 heavy (non-hydrogen) atoms. The average Bonchev–Trinajstić information content (AvgIpc) is 2.09. The van der Waals surface area contributed by atoms with Gasteiger partial charge < -0.3 is 0 Å². The summed E-state index contributed by atoms with van der Waals surface area (Å²) in [6.45, 7) is 0. The van der Waals surface area contributed by atoms with Gasteiger partial charge in [-0.1, -0.05) is 23.2 Å². The first-order valence-corrected chi connectivity index (χ1v) is 8.30. The van der Waals surface area contributed by atoms with Gasteiger partial charge in [-0.25, -0.2) is 4.98 Å². The molecule has 0 fully saturated rings. The van der Waals surface area contributed by atoms with Crippen LogP contribution < -0.4 is 0 Å². The molecule has 1 aromatic rings. The van der Waals surface area contributed by atoms with Gasteiger partial charge in [0.15, 0.2) is 4.47 Å². The molecule has 0 saturated carbocycles. The Bertz CT molecular complexity index is 259. The molecule has 1 aromatic heterocycles. The lowest BCUT2D eigenvalue weighted by molar-refractivity contribution is 0.600. The Morgan fingerprint density at radius 1 is 1.33 bits per heavy atom. The first kappa shape index (κ1) is 13.3. The fourth-order valence-electron chi connectivity index (χ4n) is 0.234. The van der Waals surface area contributed by atoms with Gasteiger partial charge in [-0.15, -0.1) is 11.3 Å². The molecule has 0 aliphatic rings. The Balaban J connectivity index is 0.000000217. The summed E-state index contributed by atoms with van der Waals surface area (Å²) in [4.78, 5) is 3.66. The van der Waals surface area contributed by atoms with Crippen LogP contribution in [0.5, 0.6) is 0 Å². The fourth-order valence-corrected chi connectivity index (χ4v) is 1.17. The lowest BCUT2D eigenvalue weighted by Gasteiger charge is -1.74. The summed E-state index contributed by atoms with van der Waals surface area (Å²) in [5.41, 5.74) is 0. The number of rotatable bonds is 0. The van der Waals surface area contributed by atoms with Gasteiger partial charge >= 0.3 is 5.20 Å². The molecule has 0 aliphatic carbocycles. The molecule has 0 spiro atoms. The minimum absolute atomic E-state index is 0.468. The SMILES string of the molecule is Clc1csc(Cl)n1.O=P(Cl)(Cl)Cl. The van der Waals surface area contributed by atoms with E-state index in [2.05, 4.69) is 38.7 Å². The summed E-state index contributed by atoms with van der Waals surface area (Å²) in [7, 11) is 0. The number of halogens is 5. The van der Waals surface area contributed by atoms with Crippen molar-refractivity contribution >= 4 is 73.5 Å². The van der Waals surface area contributed by atoms with Crippen LogP contribution >= 0.6 is 73.5 Å². The summed E-state index contributed by atoms with van der Waals surface area (Å²) in [6, 6.07) is 0. The normalized spacial score (nSPS) is 10.4. The standard InChI is InChI=1S/C3HCl2NS.Cl3OP/c4-2-1-7-3(5)6-2;1-5(2,3)4/h1H;. The monoisotopic (exact) mass is 305 g/mol. The molecule has 9 heteroatoms. The zero-order valence-electron chi connectivity index (χ0n) is 5.18. The maximum absolute atomic E-state index is 9.51. The second-order valence-electron chi connectivity index (χ2n) is 1.32. The predicted octanol–water partition coefficient (Wildman–Crippen LogP) is 5.26. The van der Waals surface area contributed by atoms with Crippen molar-refractivity contribution in [3.05, 3.63) is 15.0 Å². The third-order valence-corrected chi connectivity index (χ3v) is 1.75. The van der Waals surface area contributed by atoms with E-state index in [0.29, 0.717) is 9.62 Å². The summed E-state index contributed by atoms with van der Waals surface area (Å²) < 4.78 is 10.0. The fraction of sp³-hybridized carbons (Fsp3) is 0. The van der Waals surface area contributed by atoms with Gasteiger partial charge in [0, 0.05) is 5.38 Å². The quantitative estimate of drug-likeness (QED) is 0.612. The highest BCUT2D eigenvalue weighted by Crippen LogP contribution is 2.61. The lowest BCUT2D eigenvalue weighted by atomic mass is 11.0. The number of hydrogen-bond acceptors (Lipinski definition) is 3. The van der Waals surface area contributed by atoms with Crippen molar-refractivity contribution in [2.24, 2.45) is 0 Å². The average molecular weight is 307 g/mol. The first-order valence-electron chi connectivity index (χ1n) is 2.24. The van der Waals surface area contributed by atoms with Crippen molar-refractivity contribution in [2.75, 3.05) is 0 Å². The van der Waals surface area contributed by atoms with Crippen molar-refractivity contribution in [3.63, 3.8) is 0 Å². The summed E-state index contributed by atoms with van der Waals surface area (Å²) in [6.07, 6.45) is 0. The minimum Gasteiger partial charge on any atom is -0.271 e. The van der Waals surface area contributed by atoms with E-state index in [1.807, 2.05) is 0 Å². The second kappa shape index (κ2) is 5.92. The van der Waals surface area contributed by atoms with Crippen LogP contribution in [-0.4, -0.2) is 4.98 Å². The predicted molar refractivity (Wildman–Crippen MR) is 57.3 cm³/mol. The van der Waals surface area contributed by atoms with E-state index >= 15 is 0 Å². The smallest absolute Gasteiger partial charge is 0.271 e. The molecule has 0 aliphatic heterocycles. The first-order chi connectivity index (χ1) is 5.29. The van der Waals surface area contributed by atoms with Gasteiger partial charge in [0.25, 0.3) is 0 Å². The minimum atomic E-state index is -3.22. The van der Waals surface area contributed by atoms with Crippen LogP contribution in [0.4, 0.5) is 0 Å². The maximum atomic E-state index is 9.51. The zero-order valence-corrected chi connectivity index (χ0v) is 10.7. The third kappa shape index (κ3) is 11.3. The van der Waals surface area contributed by atoms with Crippen molar-refractivity contribution < 1.29 is 4.57 Å². The lowest BCUT2D eigenvalue weighted by Crippen LogP contribution is -1.54. The van der Waals surface area contributed by atoms with E-state index < -0.39 is 5.20 Å². The van der Waals surface area contributed by atoms with E-state index in [9.17, 15) is 4.57 Å². The molecule has 0 saturated heterocycles. The highest BCUT2D eigenvalue weighted by molar-refractivity contribution is 8.24. The van der Waals surface area contributed by atoms with Crippen LogP contribution in [0.3, 0.4) is 0 Å². The van der Waals surface area contributed by atoms with Gasteiger partial charge in [-0.2, -0.15) is 0 Å². The summed E-state index contributed by atoms with van der Waals surface area (Å²) in [5.74, 6) is 0. The third-order valence-electron chi connectivity index (χ3n) is 0.448. The van der Waals surface area contributed by atoms with Crippen LogP contribution in [0, 0.1) is 0 Å². The highest BCUT2D eigenvalue weighted by atomic mass is 36.0. The number of aromatic nitrogens is 1. The zero-order chi connectivity index (χ0) is 9.78. The van der Waals surface area contributed by atoms with E-state index in [-0.39, 0.29) is 0 Å². The summed E-state index contributed by atoms with van der Waals surface area (Å²) in [5, 5.41) is -1.07. The Kier molecular flexibility index (Phi) is 6.57. The van der Waals surface area contributed by atoms with Gasteiger partial charge in [0.1, 0.15) is 5.15 Å². The molecule has 2 nitrogen and oxygen atoms in total. The largest absolute Gasteiger partial charge is 0.339 e. The van der Waals surface area contributed by atoms with Crippen LogP contribution in [0.2, 0.25) is 9.62 Å². The molecule has 0 N–H and O–H groups in total. The molecule has 1 rings (SSSR count). The highest BCUT2D eigenvalue weighted by Gasteiger charge is 2.02. The van der Waals surface area contributed by atoms with Crippen LogP contribution in [0.15, 0.2) is 5.38 Å². The molecule has 1 heterocycles. The topological polar surface area (TPSA) is 30.0 Å². The van der Waals surface area contributed by atoms with Crippen LogP contribution in [0.25, 0.3) is 0 Å². The van der Waals surface area contributed by atoms with E-state index in [1.54, 1.807) is 5.38 Å². The molecule has 70 valence electrons. The Morgan fingerprint density at radius 3 is 1.83 bits per heavy atom. The molecule has 0 bridgehead atoms. The van der Waals surface area contributed by atoms with Gasteiger partial charge in [-0.05, 0) is 33.7 Å². The van der Waals surface area contributed by atoms with E-state index in [0.717, 1.165) is 0 Å². The number of thiazole rings is 1. The maximum Gasteiger partial charge on any atom is 0.339 e. The van der Waals surface area contributed by atoms with Crippen molar-refractivity contribution in [1.29, 1.82) is 0 Å². The number of hydrogen-bond donors (Lipinski definition) is 0. The molecular formula is C3HCl5NOPS. The number of nitrogens with zero attached hydrogens (tertiary/aromatic N) is 1. The van der Waals surface area contributed by atoms with Crippen molar-refractivity contribution in [3.8, 4) is 0 Å². The Morgan fingerprint density at radius 2 is 1.75 bits per heavy atom. The van der Waals surface area contributed by atoms with Gasteiger partial charge in [0.05, 0.1) is 0 Å². The van der Waals surface area contributed by atoms with Gasteiger partial charge in [0.2, 0.25) is 0 Å². The molecular weight excluding hydrogens is 306 g/mol. The molecule has 0 unspecified atom stereocenters. The Hall–Kier alpha value is 1.31. The van der Waals surface area contributed by atoms with Crippen molar-refractivity contribution in [2.45, 2.75) is 0 Å².